The SMILES string of the molecule is CCC(C)C(NC(N)=O)C(=O)O. The Morgan fingerprint density at radius 3 is 2.33 bits per heavy atom. The van der Waals surface area contributed by atoms with Crippen LogP contribution < -0.4 is 11.1 Å². The van der Waals surface area contributed by atoms with Crippen molar-refractivity contribution in [3.8, 4) is 0 Å². The average Bonchev–Trinajstić information content (AvgIpc) is 1.98. The number of primary amides is 1. The Kier molecular flexibility index (Phi) is 4.10. The first kappa shape index (κ1) is 10.7. The van der Waals surface area contributed by atoms with Crippen LogP contribution >= 0.6 is 0 Å². The van der Waals surface area contributed by atoms with E-state index in [0.717, 1.165) is 0 Å². The number of nitrogens with one attached hydrogen (secondary N) is 1. The molecule has 0 aromatic heterocycles. The highest BCUT2D eigenvalue weighted by Crippen LogP contribution is 2.07. The van der Waals surface area contributed by atoms with Crippen LogP contribution in [0.25, 0.3) is 0 Å². The molecule has 2 atom stereocenters. The van der Waals surface area contributed by atoms with Crippen molar-refractivity contribution in [3.63, 3.8) is 0 Å². The molecular weight excluding hydrogens is 160 g/mol. The van der Waals surface area contributed by atoms with Crippen molar-refractivity contribution in [2.24, 2.45) is 11.7 Å². The van der Waals surface area contributed by atoms with Crippen LogP contribution in [0.1, 0.15) is 20.3 Å². The molecule has 70 valence electrons. The second-order valence-electron chi connectivity index (χ2n) is 2.71. The van der Waals surface area contributed by atoms with Gasteiger partial charge in [0.1, 0.15) is 6.04 Å². The van der Waals surface area contributed by atoms with Gasteiger partial charge in [0.2, 0.25) is 0 Å². The van der Waals surface area contributed by atoms with Gasteiger partial charge in [-0.2, -0.15) is 0 Å². The molecule has 0 saturated heterocycles. The smallest absolute Gasteiger partial charge is 0.326 e. The number of hydrogen-bond acceptors (Lipinski definition) is 2. The highest BCUT2D eigenvalue weighted by atomic mass is 16.4. The van der Waals surface area contributed by atoms with Gasteiger partial charge in [0.25, 0.3) is 0 Å². The molecule has 4 N–H and O–H groups in total. The van der Waals surface area contributed by atoms with E-state index in [-0.39, 0.29) is 5.92 Å². The van der Waals surface area contributed by atoms with Gasteiger partial charge >= 0.3 is 12.0 Å². The summed E-state index contributed by atoms with van der Waals surface area (Å²) in [7, 11) is 0. The fourth-order valence-corrected chi connectivity index (χ4v) is 0.836. The first-order valence-corrected chi connectivity index (χ1v) is 3.77. The lowest BCUT2D eigenvalue weighted by atomic mass is 10.00. The number of rotatable bonds is 4. The molecule has 0 aliphatic heterocycles. The number of amides is 2. The molecule has 0 spiro atoms. The Labute approximate surface area is 70.9 Å². The van der Waals surface area contributed by atoms with E-state index in [2.05, 4.69) is 5.32 Å². The number of carbonyl (C=O) groups is 2. The quantitative estimate of drug-likeness (QED) is 0.566. The Balaban J connectivity index is 4.22. The van der Waals surface area contributed by atoms with Gasteiger partial charge in [0, 0.05) is 0 Å². The molecule has 12 heavy (non-hydrogen) atoms. The van der Waals surface area contributed by atoms with Crippen LogP contribution in [0.15, 0.2) is 0 Å². The normalized spacial score (nSPS) is 14.8. The van der Waals surface area contributed by atoms with Crippen LogP contribution in [0.5, 0.6) is 0 Å². The third-order valence-electron chi connectivity index (χ3n) is 1.78. The first-order valence-electron chi connectivity index (χ1n) is 3.77. The number of nitrogens with two attached hydrogens (primary N) is 1. The maximum absolute atomic E-state index is 10.6. The number of hydrogen-bond donors (Lipinski definition) is 3. The highest BCUT2D eigenvalue weighted by molar-refractivity contribution is 5.81. The monoisotopic (exact) mass is 174 g/mol. The Bertz CT molecular complexity index is 181. The molecule has 0 aliphatic carbocycles. The van der Waals surface area contributed by atoms with E-state index >= 15 is 0 Å². The summed E-state index contributed by atoms with van der Waals surface area (Å²) >= 11 is 0. The van der Waals surface area contributed by atoms with Crippen molar-refractivity contribution in [2.75, 3.05) is 0 Å². The third kappa shape index (κ3) is 3.23. The van der Waals surface area contributed by atoms with Crippen LogP contribution in [0.4, 0.5) is 4.79 Å². The van der Waals surface area contributed by atoms with Crippen LogP contribution in [0.3, 0.4) is 0 Å². The predicted molar refractivity (Wildman–Crippen MR) is 43.6 cm³/mol. The van der Waals surface area contributed by atoms with Crippen molar-refractivity contribution in [1.82, 2.24) is 5.32 Å². The third-order valence-corrected chi connectivity index (χ3v) is 1.78. The van der Waals surface area contributed by atoms with Gasteiger partial charge in [0.05, 0.1) is 0 Å². The molecule has 0 radical (unpaired) electrons. The summed E-state index contributed by atoms with van der Waals surface area (Å²) in [5.74, 6) is -1.17. The van der Waals surface area contributed by atoms with E-state index in [9.17, 15) is 9.59 Å². The fraction of sp³-hybridized carbons (Fsp3) is 0.714. The van der Waals surface area contributed by atoms with Crippen molar-refractivity contribution >= 4 is 12.0 Å². The van der Waals surface area contributed by atoms with E-state index in [1.807, 2.05) is 6.92 Å². The molecule has 0 saturated carbocycles. The zero-order valence-electron chi connectivity index (χ0n) is 7.20. The average molecular weight is 174 g/mol. The number of aliphatic carboxylic acids is 1. The van der Waals surface area contributed by atoms with Crippen LogP contribution in [0, 0.1) is 5.92 Å². The molecule has 0 heterocycles. The van der Waals surface area contributed by atoms with E-state index in [1.165, 1.54) is 0 Å². The zero-order valence-corrected chi connectivity index (χ0v) is 7.20. The van der Waals surface area contributed by atoms with Gasteiger partial charge in [-0.05, 0) is 5.92 Å². The molecule has 2 amide bonds. The minimum Gasteiger partial charge on any atom is -0.480 e. The fourth-order valence-electron chi connectivity index (χ4n) is 0.836. The van der Waals surface area contributed by atoms with Crippen molar-refractivity contribution in [3.05, 3.63) is 0 Å². The number of urea groups is 1. The topological polar surface area (TPSA) is 92.4 Å². The van der Waals surface area contributed by atoms with Crippen LogP contribution in [-0.4, -0.2) is 23.1 Å². The molecule has 5 heteroatoms. The van der Waals surface area contributed by atoms with E-state index in [4.69, 9.17) is 10.8 Å². The van der Waals surface area contributed by atoms with E-state index < -0.39 is 18.0 Å². The van der Waals surface area contributed by atoms with Crippen molar-refractivity contribution in [1.29, 1.82) is 0 Å². The second-order valence-corrected chi connectivity index (χ2v) is 2.71. The van der Waals surface area contributed by atoms with Gasteiger partial charge in [0.15, 0.2) is 0 Å². The zero-order chi connectivity index (χ0) is 9.72. The molecule has 2 unspecified atom stereocenters. The van der Waals surface area contributed by atoms with Gasteiger partial charge in [-0.1, -0.05) is 20.3 Å². The largest absolute Gasteiger partial charge is 0.480 e. The maximum atomic E-state index is 10.6. The minimum absolute atomic E-state index is 0.116. The van der Waals surface area contributed by atoms with E-state index in [0.29, 0.717) is 6.42 Å². The lowest BCUT2D eigenvalue weighted by molar-refractivity contribution is -0.140. The highest BCUT2D eigenvalue weighted by Gasteiger charge is 2.23. The Morgan fingerprint density at radius 2 is 2.08 bits per heavy atom. The number of carboxylic acid groups (broad SMARTS) is 1. The number of carbonyl (C=O) groups excluding carboxylic acids is 1. The standard InChI is InChI=1S/C7H14N2O3/c1-3-4(2)5(6(10)11)9-7(8)12/h4-5H,3H2,1-2H3,(H,10,11)(H3,8,9,12). The molecule has 0 aromatic rings. The lowest BCUT2D eigenvalue weighted by Crippen LogP contribution is -2.47. The lowest BCUT2D eigenvalue weighted by Gasteiger charge is -2.18. The second kappa shape index (κ2) is 4.58. The molecule has 0 aromatic carbocycles. The Hall–Kier alpha value is -1.26. The summed E-state index contributed by atoms with van der Waals surface area (Å²) in [5, 5.41) is 10.8. The summed E-state index contributed by atoms with van der Waals surface area (Å²) < 4.78 is 0. The van der Waals surface area contributed by atoms with Gasteiger partial charge in [-0.15, -0.1) is 0 Å². The summed E-state index contributed by atoms with van der Waals surface area (Å²) in [6.45, 7) is 3.60. The summed E-state index contributed by atoms with van der Waals surface area (Å²) in [4.78, 5) is 20.9. The van der Waals surface area contributed by atoms with Gasteiger partial charge < -0.3 is 16.2 Å². The van der Waals surface area contributed by atoms with Crippen molar-refractivity contribution in [2.45, 2.75) is 26.3 Å². The number of carboxylic acids is 1. The minimum atomic E-state index is -1.05. The first-order chi connectivity index (χ1) is 5.49. The predicted octanol–water partition coefficient (Wildman–Crippen LogP) is 0.154. The van der Waals surface area contributed by atoms with Gasteiger partial charge in [-0.3, -0.25) is 0 Å². The molecular formula is C7H14N2O3. The van der Waals surface area contributed by atoms with Crippen LogP contribution in [-0.2, 0) is 4.79 Å². The molecule has 0 rings (SSSR count). The molecule has 0 bridgehead atoms. The van der Waals surface area contributed by atoms with Crippen molar-refractivity contribution < 1.29 is 14.7 Å². The maximum Gasteiger partial charge on any atom is 0.326 e. The summed E-state index contributed by atoms with van der Waals surface area (Å²) in [6.07, 6.45) is 0.678. The van der Waals surface area contributed by atoms with Crippen LogP contribution in [0.2, 0.25) is 0 Å². The molecule has 5 nitrogen and oxygen atoms in total. The summed E-state index contributed by atoms with van der Waals surface area (Å²) in [5.41, 5.74) is 4.81. The van der Waals surface area contributed by atoms with E-state index in [1.54, 1.807) is 6.92 Å². The summed E-state index contributed by atoms with van der Waals surface area (Å²) in [6, 6.07) is -1.68. The molecule has 0 fully saturated rings. The Morgan fingerprint density at radius 1 is 1.58 bits per heavy atom. The van der Waals surface area contributed by atoms with Gasteiger partial charge in [-0.25, -0.2) is 9.59 Å². The molecule has 0 aliphatic rings.